The van der Waals surface area contributed by atoms with Crippen LogP contribution in [-0.4, -0.2) is 51.0 Å². The van der Waals surface area contributed by atoms with Crippen LogP contribution in [-0.2, 0) is 4.74 Å². The number of aryl methyl sites for hydroxylation is 1. The Kier molecular flexibility index (Phi) is 4.62. The molecule has 116 valence electrons. The third kappa shape index (κ3) is 3.08. The Morgan fingerprint density at radius 1 is 1.36 bits per heavy atom. The molecule has 0 amide bonds. The van der Waals surface area contributed by atoms with Gasteiger partial charge in [0.1, 0.15) is 17.0 Å². The first kappa shape index (κ1) is 14.9. The minimum Gasteiger partial charge on any atom is -0.394 e. The topological polar surface area (TPSA) is 85.1 Å². The van der Waals surface area contributed by atoms with Crippen LogP contribution in [0.2, 0.25) is 0 Å². The zero-order chi connectivity index (χ0) is 15.4. The van der Waals surface area contributed by atoms with E-state index >= 15 is 0 Å². The maximum atomic E-state index is 8.70. The van der Waals surface area contributed by atoms with Crippen molar-refractivity contribution in [2.75, 3.05) is 31.7 Å². The van der Waals surface area contributed by atoms with Crippen molar-refractivity contribution >= 4 is 27.4 Å². The second-order valence-electron chi connectivity index (χ2n) is 4.70. The molecule has 3 rings (SSSR count). The highest BCUT2D eigenvalue weighted by Gasteiger charge is 2.12. The zero-order valence-corrected chi connectivity index (χ0v) is 13.0. The maximum Gasteiger partial charge on any atom is 0.238 e. The Morgan fingerprint density at radius 3 is 3.05 bits per heavy atom. The van der Waals surface area contributed by atoms with Crippen molar-refractivity contribution in [3.05, 3.63) is 29.7 Å². The number of hydrogen-bond acceptors (Lipinski definition) is 7. The van der Waals surface area contributed by atoms with Crippen LogP contribution < -0.4 is 5.32 Å². The molecule has 3 aromatic rings. The van der Waals surface area contributed by atoms with Crippen molar-refractivity contribution in [3.8, 4) is 5.95 Å². The van der Waals surface area contributed by atoms with Gasteiger partial charge < -0.3 is 15.2 Å². The number of anilines is 1. The molecule has 0 bridgehead atoms. The molecule has 0 saturated carbocycles. The van der Waals surface area contributed by atoms with Gasteiger partial charge in [-0.3, -0.25) is 4.57 Å². The van der Waals surface area contributed by atoms with Gasteiger partial charge in [0.25, 0.3) is 0 Å². The molecule has 0 aliphatic rings. The molecule has 0 unspecified atom stereocenters. The Balaban J connectivity index is 1.87. The van der Waals surface area contributed by atoms with Gasteiger partial charge in [-0.1, -0.05) is 0 Å². The van der Waals surface area contributed by atoms with Gasteiger partial charge in [-0.05, 0) is 17.9 Å². The van der Waals surface area contributed by atoms with E-state index in [0.29, 0.717) is 25.7 Å². The minimum atomic E-state index is 0.0339. The number of fused-ring (bicyclic) bond motifs is 1. The standard InChI is InChI=1S/C14H17N5O2S/c1-10-8-22-13-11(10)12(16-3-6-21-7-5-20)17-14(18-13)19-4-2-15-9-19/h2,4,8-9,20H,3,5-7H2,1H3,(H,16,17,18). The highest BCUT2D eigenvalue weighted by molar-refractivity contribution is 7.17. The summed E-state index contributed by atoms with van der Waals surface area (Å²) in [6.07, 6.45) is 5.19. The monoisotopic (exact) mass is 319 g/mol. The molecule has 3 aromatic heterocycles. The Hall–Kier alpha value is -2.03. The zero-order valence-electron chi connectivity index (χ0n) is 12.2. The molecule has 22 heavy (non-hydrogen) atoms. The van der Waals surface area contributed by atoms with Crippen molar-refractivity contribution in [1.29, 1.82) is 0 Å². The quantitative estimate of drug-likeness (QED) is 0.644. The number of imidazole rings is 1. The number of thiophene rings is 1. The summed E-state index contributed by atoms with van der Waals surface area (Å²) in [4.78, 5) is 14.2. The number of aliphatic hydroxyl groups is 1. The van der Waals surface area contributed by atoms with Crippen LogP contribution in [0, 0.1) is 6.92 Å². The first-order chi connectivity index (χ1) is 10.8. The van der Waals surface area contributed by atoms with E-state index in [4.69, 9.17) is 9.84 Å². The predicted molar refractivity (Wildman–Crippen MR) is 85.7 cm³/mol. The number of nitrogens with zero attached hydrogens (tertiary/aromatic N) is 4. The number of aliphatic hydroxyl groups excluding tert-OH is 1. The Morgan fingerprint density at radius 2 is 2.27 bits per heavy atom. The molecular formula is C14H17N5O2S. The molecule has 0 aliphatic heterocycles. The summed E-state index contributed by atoms with van der Waals surface area (Å²) in [5.74, 6) is 1.38. The van der Waals surface area contributed by atoms with Gasteiger partial charge in [0.05, 0.1) is 25.2 Å². The maximum absolute atomic E-state index is 8.70. The van der Waals surface area contributed by atoms with Crippen LogP contribution in [0.4, 0.5) is 5.82 Å². The SMILES string of the molecule is Cc1csc2nc(-n3ccnc3)nc(NCCOCCO)c12. The number of ether oxygens (including phenoxy) is 1. The van der Waals surface area contributed by atoms with Crippen LogP contribution in [0.5, 0.6) is 0 Å². The Labute approximate surface area is 131 Å². The van der Waals surface area contributed by atoms with Crippen molar-refractivity contribution in [2.45, 2.75) is 6.92 Å². The first-order valence-electron chi connectivity index (χ1n) is 6.96. The number of nitrogens with one attached hydrogen (secondary N) is 1. The van der Waals surface area contributed by atoms with Gasteiger partial charge in [-0.2, -0.15) is 4.98 Å². The van der Waals surface area contributed by atoms with Crippen LogP contribution in [0.25, 0.3) is 16.2 Å². The fraction of sp³-hybridized carbons (Fsp3) is 0.357. The molecule has 0 radical (unpaired) electrons. The molecule has 8 heteroatoms. The van der Waals surface area contributed by atoms with Gasteiger partial charge in [0.2, 0.25) is 5.95 Å². The van der Waals surface area contributed by atoms with Gasteiger partial charge in [-0.15, -0.1) is 11.3 Å². The van der Waals surface area contributed by atoms with E-state index in [9.17, 15) is 0 Å². The van der Waals surface area contributed by atoms with E-state index in [0.717, 1.165) is 21.6 Å². The molecule has 0 saturated heterocycles. The molecule has 7 nitrogen and oxygen atoms in total. The highest BCUT2D eigenvalue weighted by Crippen LogP contribution is 2.29. The second-order valence-corrected chi connectivity index (χ2v) is 5.56. The van der Waals surface area contributed by atoms with Crippen LogP contribution in [0.15, 0.2) is 24.1 Å². The van der Waals surface area contributed by atoms with E-state index in [1.165, 1.54) is 0 Å². The van der Waals surface area contributed by atoms with Crippen LogP contribution in [0.3, 0.4) is 0 Å². The van der Waals surface area contributed by atoms with Gasteiger partial charge >= 0.3 is 0 Å². The summed E-state index contributed by atoms with van der Waals surface area (Å²) in [5, 5.41) is 15.1. The van der Waals surface area contributed by atoms with Crippen LogP contribution >= 0.6 is 11.3 Å². The summed E-state index contributed by atoms with van der Waals surface area (Å²) in [5.41, 5.74) is 1.15. The van der Waals surface area contributed by atoms with Gasteiger partial charge in [0, 0.05) is 18.9 Å². The number of rotatable bonds is 7. The molecule has 0 aromatic carbocycles. The summed E-state index contributed by atoms with van der Waals surface area (Å²) < 4.78 is 7.04. The molecule has 0 fully saturated rings. The van der Waals surface area contributed by atoms with Gasteiger partial charge in [0.15, 0.2) is 0 Å². The van der Waals surface area contributed by atoms with Crippen molar-refractivity contribution in [1.82, 2.24) is 19.5 Å². The summed E-state index contributed by atoms with van der Waals surface area (Å²) in [6.45, 7) is 3.55. The van der Waals surface area contributed by atoms with Crippen molar-refractivity contribution in [2.24, 2.45) is 0 Å². The minimum absolute atomic E-state index is 0.0339. The van der Waals surface area contributed by atoms with E-state index in [1.807, 2.05) is 13.1 Å². The molecular weight excluding hydrogens is 302 g/mol. The largest absolute Gasteiger partial charge is 0.394 e. The third-order valence-corrected chi connectivity index (χ3v) is 4.11. The smallest absolute Gasteiger partial charge is 0.238 e. The summed E-state index contributed by atoms with van der Waals surface area (Å²) in [7, 11) is 0. The lowest BCUT2D eigenvalue weighted by atomic mass is 10.2. The van der Waals surface area contributed by atoms with Crippen LogP contribution in [0.1, 0.15) is 5.56 Å². The molecule has 0 spiro atoms. The number of hydrogen-bond donors (Lipinski definition) is 2. The van der Waals surface area contributed by atoms with E-state index in [-0.39, 0.29) is 6.61 Å². The lowest BCUT2D eigenvalue weighted by Crippen LogP contribution is -2.13. The van der Waals surface area contributed by atoms with Crippen molar-refractivity contribution < 1.29 is 9.84 Å². The first-order valence-corrected chi connectivity index (χ1v) is 7.84. The molecule has 2 N–H and O–H groups in total. The van der Waals surface area contributed by atoms with E-state index in [1.54, 1.807) is 28.4 Å². The fourth-order valence-electron chi connectivity index (χ4n) is 2.10. The van der Waals surface area contributed by atoms with E-state index in [2.05, 4.69) is 25.6 Å². The average Bonchev–Trinajstić information content (AvgIpc) is 3.17. The fourth-order valence-corrected chi connectivity index (χ4v) is 3.02. The second kappa shape index (κ2) is 6.82. The summed E-state index contributed by atoms with van der Waals surface area (Å²) in [6, 6.07) is 0. The highest BCUT2D eigenvalue weighted by atomic mass is 32.1. The van der Waals surface area contributed by atoms with Gasteiger partial charge in [-0.25, -0.2) is 9.97 Å². The molecule has 3 heterocycles. The predicted octanol–water partition coefficient (Wildman–Crippen LogP) is 1.61. The normalized spacial score (nSPS) is 11.2. The lowest BCUT2D eigenvalue weighted by Gasteiger charge is -2.10. The van der Waals surface area contributed by atoms with E-state index < -0.39 is 0 Å². The molecule has 0 atom stereocenters. The Bertz CT molecular complexity index is 741. The lowest BCUT2D eigenvalue weighted by molar-refractivity contribution is 0.0992. The van der Waals surface area contributed by atoms with Crippen molar-refractivity contribution in [3.63, 3.8) is 0 Å². The summed E-state index contributed by atoms with van der Waals surface area (Å²) >= 11 is 1.60. The third-order valence-electron chi connectivity index (χ3n) is 3.12. The molecule has 0 aliphatic carbocycles. The average molecular weight is 319 g/mol. The number of aromatic nitrogens is 4.